The molecule has 0 spiro atoms. The second-order valence-electron chi connectivity index (χ2n) is 1.42. The Hall–Kier alpha value is -0.670. The van der Waals surface area contributed by atoms with Gasteiger partial charge in [-0.3, -0.25) is 0 Å². The number of hydrogen-bond acceptors (Lipinski definition) is 0. The van der Waals surface area contributed by atoms with Crippen LogP contribution in [0.3, 0.4) is 0 Å². The lowest BCUT2D eigenvalue weighted by Gasteiger charge is -1.76. The van der Waals surface area contributed by atoms with Gasteiger partial charge in [0.15, 0.2) is 0 Å². The first-order chi connectivity index (χ1) is 3.77. The molecule has 0 aliphatic heterocycles. The molecule has 0 rings (SSSR count). The molecule has 1 heteroatoms. The molecule has 0 aromatic heterocycles. The molecule has 0 N–H and O–H groups in total. The highest BCUT2D eigenvalue weighted by atomic mass is 35.5. The van der Waals surface area contributed by atoms with Crippen LogP contribution in [0.25, 0.3) is 0 Å². The van der Waals surface area contributed by atoms with Gasteiger partial charge in [0.25, 0.3) is 0 Å². The van der Waals surface area contributed by atoms with Gasteiger partial charge in [-0.25, -0.2) is 0 Å². The summed E-state index contributed by atoms with van der Waals surface area (Å²) in [6, 6.07) is 0. The van der Waals surface area contributed by atoms with E-state index in [2.05, 4.69) is 17.9 Å². The van der Waals surface area contributed by atoms with Gasteiger partial charge in [0.05, 0.1) is 0 Å². The molecule has 0 heterocycles. The highest BCUT2D eigenvalue weighted by Gasteiger charge is 1.66. The van der Waals surface area contributed by atoms with Crippen molar-refractivity contribution in [2.75, 3.05) is 0 Å². The summed E-state index contributed by atoms with van der Waals surface area (Å²) in [5, 5.41) is 2.22. The third kappa shape index (κ3) is 5.33. The molecule has 0 nitrogen and oxygen atoms in total. The van der Waals surface area contributed by atoms with Crippen molar-refractivity contribution in [2.24, 2.45) is 0 Å². The Labute approximate surface area is 54.9 Å². The largest absolute Gasteiger partial charge is 0.0961 e. The Kier molecular flexibility index (Phi) is 4.11. The second kappa shape index (κ2) is 4.49. The van der Waals surface area contributed by atoms with Crippen LogP contribution in [0.2, 0.25) is 0 Å². The van der Waals surface area contributed by atoms with Gasteiger partial charge in [-0.15, -0.1) is 0 Å². The van der Waals surface area contributed by atoms with E-state index in [-0.39, 0.29) is 0 Å². The van der Waals surface area contributed by atoms with Crippen LogP contribution in [0.1, 0.15) is 6.92 Å². The van der Waals surface area contributed by atoms with Crippen molar-refractivity contribution < 1.29 is 0 Å². The zero-order valence-electron chi connectivity index (χ0n) is 4.74. The average Bonchev–Trinajstić information content (AvgIpc) is 1.66. The summed E-state index contributed by atoms with van der Waals surface area (Å²) < 4.78 is 0. The van der Waals surface area contributed by atoms with E-state index < -0.39 is 0 Å². The number of hydrogen-bond donors (Lipinski definition) is 0. The fraction of sp³-hybridized carbons (Fsp3) is 0.143. The molecule has 0 fully saturated rings. The predicted molar refractivity (Wildman–Crippen MR) is 37.6 cm³/mol. The molecule has 0 aromatic rings. The summed E-state index contributed by atoms with van der Waals surface area (Å²) in [5.41, 5.74) is 0.976. The van der Waals surface area contributed by atoms with Gasteiger partial charge in [0, 0.05) is 5.38 Å². The first-order valence-corrected chi connectivity index (χ1v) is 2.58. The molecular formula is C7H7Cl. The second-order valence-corrected chi connectivity index (χ2v) is 1.61. The monoisotopic (exact) mass is 126 g/mol. The SMILES string of the molecule is C=C(C)C=CC#CCl. The Balaban J connectivity index is 3.61. The Morgan fingerprint density at radius 1 is 1.75 bits per heavy atom. The van der Waals surface area contributed by atoms with Crippen LogP contribution in [0.15, 0.2) is 24.3 Å². The van der Waals surface area contributed by atoms with E-state index in [1.807, 2.05) is 6.92 Å². The lowest BCUT2D eigenvalue weighted by atomic mass is 10.3. The minimum absolute atomic E-state index is 0.976. The zero-order valence-corrected chi connectivity index (χ0v) is 5.50. The van der Waals surface area contributed by atoms with Crippen molar-refractivity contribution in [2.45, 2.75) is 6.92 Å². The van der Waals surface area contributed by atoms with E-state index in [4.69, 9.17) is 11.6 Å². The maximum atomic E-state index is 5.04. The molecule has 0 unspecified atom stereocenters. The van der Waals surface area contributed by atoms with Gasteiger partial charge in [0.2, 0.25) is 0 Å². The first kappa shape index (κ1) is 7.33. The van der Waals surface area contributed by atoms with Crippen LogP contribution >= 0.6 is 11.6 Å². The van der Waals surface area contributed by atoms with Gasteiger partial charge in [0.1, 0.15) is 0 Å². The normalized spacial score (nSPS) is 8.25. The summed E-state index contributed by atoms with van der Waals surface area (Å²) >= 11 is 5.04. The van der Waals surface area contributed by atoms with Crippen LogP contribution < -0.4 is 0 Å². The van der Waals surface area contributed by atoms with E-state index in [0.29, 0.717) is 0 Å². The Morgan fingerprint density at radius 2 is 2.38 bits per heavy atom. The highest BCUT2D eigenvalue weighted by molar-refractivity contribution is 6.30. The molecule has 0 aliphatic carbocycles. The maximum Gasteiger partial charge on any atom is 0.00889 e. The minimum Gasteiger partial charge on any atom is -0.0961 e. The van der Waals surface area contributed by atoms with Gasteiger partial charge in [-0.2, -0.15) is 0 Å². The maximum absolute atomic E-state index is 5.04. The summed E-state index contributed by atoms with van der Waals surface area (Å²) in [5.74, 6) is 2.55. The highest BCUT2D eigenvalue weighted by Crippen LogP contribution is 1.86. The average molecular weight is 127 g/mol. The fourth-order valence-corrected chi connectivity index (χ4v) is 0.278. The van der Waals surface area contributed by atoms with Crippen LogP contribution in [0, 0.1) is 11.3 Å². The molecule has 0 aromatic carbocycles. The Morgan fingerprint density at radius 3 is 2.75 bits per heavy atom. The van der Waals surface area contributed by atoms with Crippen LogP contribution in [0.5, 0.6) is 0 Å². The van der Waals surface area contributed by atoms with Crippen molar-refractivity contribution in [3.63, 3.8) is 0 Å². The first-order valence-electron chi connectivity index (χ1n) is 2.20. The van der Waals surface area contributed by atoms with Gasteiger partial charge >= 0.3 is 0 Å². The van der Waals surface area contributed by atoms with E-state index in [0.717, 1.165) is 5.57 Å². The molecule has 0 amide bonds. The summed E-state index contributed by atoms with van der Waals surface area (Å²) in [4.78, 5) is 0. The zero-order chi connectivity index (χ0) is 6.41. The molecule has 0 saturated heterocycles. The van der Waals surface area contributed by atoms with Crippen LogP contribution in [-0.4, -0.2) is 0 Å². The lowest BCUT2D eigenvalue weighted by Crippen LogP contribution is -1.56. The fourth-order valence-electron chi connectivity index (χ4n) is 0.215. The van der Waals surface area contributed by atoms with Crippen molar-refractivity contribution in [3.05, 3.63) is 24.3 Å². The standard InChI is InChI=1S/C7H7Cl/c1-7(2)5-3-4-6-8/h3,5H,1H2,2H3. The Bertz CT molecular complexity index is 155. The quantitative estimate of drug-likeness (QED) is 0.374. The molecule has 0 aliphatic rings. The summed E-state index contributed by atoms with van der Waals surface area (Å²) in [6.07, 6.45) is 3.46. The van der Waals surface area contributed by atoms with Crippen molar-refractivity contribution >= 4 is 11.6 Å². The van der Waals surface area contributed by atoms with Gasteiger partial charge in [-0.05, 0) is 24.6 Å². The molecular weight excluding hydrogens is 120 g/mol. The lowest BCUT2D eigenvalue weighted by molar-refractivity contribution is 1.57. The van der Waals surface area contributed by atoms with Gasteiger partial charge < -0.3 is 0 Å². The minimum atomic E-state index is 0.976. The van der Waals surface area contributed by atoms with E-state index in [9.17, 15) is 0 Å². The topological polar surface area (TPSA) is 0 Å². The third-order valence-corrected chi connectivity index (χ3v) is 0.615. The number of allylic oxidation sites excluding steroid dienone is 3. The van der Waals surface area contributed by atoms with Crippen molar-refractivity contribution in [1.82, 2.24) is 0 Å². The molecule has 0 saturated carbocycles. The molecule has 0 atom stereocenters. The summed E-state index contributed by atoms with van der Waals surface area (Å²) in [6.45, 7) is 5.52. The molecule has 8 heavy (non-hydrogen) atoms. The predicted octanol–water partition coefficient (Wildman–Crippen LogP) is 2.32. The van der Waals surface area contributed by atoms with E-state index in [1.165, 1.54) is 0 Å². The third-order valence-electron chi connectivity index (χ3n) is 0.506. The summed E-state index contributed by atoms with van der Waals surface area (Å²) in [7, 11) is 0. The molecule has 42 valence electrons. The smallest absolute Gasteiger partial charge is 0.00889 e. The van der Waals surface area contributed by atoms with Crippen LogP contribution in [0.4, 0.5) is 0 Å². The van der Waals surface area contributed by atoms with E-state index >= 15 is 0 Å². The number of halogens is 1. The van der Waals surface area contributed by atoms with Crippen molar-refractivity contribution in [3.8, 4) is 11.3 Å². The number of rotatable bonds is 1. The van der Waals surface area contributed by atoms with Crippen LogP contribution in [-0.2, 0) is 0 Å². The van der Waals surface area contributed by atoms with Gasteiger partial charge in [-0.1, -0.05) is 24.1 Å². The van der Waals surface area contributed by atoms with E-state index in [1.54, 1.807) is 12.2 Å². The molecule has 0 bridgehead atoms. The molecule has 0 radical (unpaired) electrons. The van der Waals surface area contributed by atoms with Crippen molar-refractivity contribution in [1.29, 1.82) is 0 Å².